The number of rotatable bonds is 4. The fourth-order valence-corrected chi connectivity index (χ4v) is 5.08. The number of hydrogen-bond donors (Lipinski definition) is 1. The number of nitrogens with zero attached hydrogens (tertiary/aromatic N) is 2. The number of aryl methyl sites for hydroxylation is 1. The number of aromatic nitrogens is 1. The van der Waals surface area contributed by atoms with Crippen LogP contribution in [0.15, 0.2) is 47.2 Å². The lowest BCUT2D eigenvalue weighted by Crippen LogP contribution is -3.13. The summed E-state index contributed by atoms with van der Waals surface area (Å²) in [4.78, 5) is 21.9. The van der Waals surface area contributed by atoms with Crippen molar-refractivity contribution in [3.8, 4) is 10.6 Å². The quantitative estimate of drug-likeness (QED) is 0.751. The van der Waals surface area contributed by atoms with Crippen molar-refractivity contribution < 1.29 is 9.69 Å². The molecule has 0 spiro atoms. The number of carbonyl (C=O) groups is 1. The van der Waals surface area contributed by atoms with Gasteiger partial charge in [-0.05, 0) is 18.4 Å². The molecule has 4 rings (SSSR count). The maximum atomic E-state index is 13.0. The Bertz CT molecular complexity index is 866. The molecule has 0 unspecified atom stereocenters. The Morgan fingerprint density at radius 1 is 1.19 bits per heavy atom. The summed E-state index contributed by atoms with van der Waals surface area (Å²) in [6.07, 6.45) is 0. The van der Waals surface area contributed by atoms with Crippen LogP contribution >= 0.6 is 22.7 Å². The lowest BCUT2D eigenvalue weighted by atomic mass is 10.2. The second kappa shape index (κ2) is 7.70. The molecule has 1 amide bonds. The van der Waals surface area contributed by atoms with Gasteiger partial charge in [-0.1, -0.05) is 30.3 Å². The number of quaternary nitrogens is 1. The van der Waals surface area contributed by atoms with Gasteiger partial charge in [0.15, 0.2) is 0 Å². The highest BCUT2D eigenvalue weighted by Crippen LogP contribution is 2.30. The largest absolute Gasteiger partial charge is 0.328 e. The highest BCUT2D eigenvalue weighted by molar-refractivity contribution is 7.17. The van der Waals surface area contributed by atoms with Crippen LogP contribution in [0.3, 0.4) is 0 Å². The second-order valence-electron chi connectivity index (χ2n) is 6.65. The van der Waals surface area contributed by atoms with Crippen molar-refractivity contribution in [1.29, 1.82) is 0 Å². The maximum Gasteiger partial charge on any atom is 0.266 e. The molecule has 0 radical (unpaired) electrons. The average molecular weight is 385 g/mol. The van der Waals surface area contributed by atoms with Crippen LogP contribution in [0.25, 0.3) is 10.6 Å². The summed E-state index contributed by atoms with van der Waals surface area (Å²) in [7, 11) is 0. The minimum Gasteiger partial charge on any atom is -0.328 e. The van der Waals surface area contributed by atoms with Crippen LogP contribution in [-0.2, 0) is 6.54 Å². The predicted molar refractivity (Wildman–Crippen MR) is 107 cm³/mol. The molecule has 1 fully saturated rings. The number of nitrogens with one attached hydrogen (secondary N) is 1. The van der Waals surface area contributed by atoms with E-state index < -0.39 is 0 Å². The molecule has 1 N–H and O–H groups in total. The molecular weight excluding hydrogens is 362 g/mol. The third-order valence-corrected chi connectivity index (χ3v) is 6.69. The molecule has 1 aliphatic heterocycles. The molecule has 1 aliphatic rings. The van der Waals surface area contributed by atoms with E-state index >= 15 is 0 Å². The minimum atomic E-state index is 0.139. The van der Waals surface area contributed by atoms with Crippen LogP contribution in [-0.4, -0.2) is 42.0 Å². The van der Waals surface area contributed by atoms with Crippen LogP contribution in [0, 0.1) is 6.92 Å². The Balaban J connectivity index is 1.39. The van der Waals surface area contributed by atoms with Crippen LogP contribution in [0.5, 0.6) is 0 Å². The summed E-state index contributed by atoms with van der Waals surface area (Å²) in [5, 5.41) is 5.07. The Morgan fingerprint density at radius 3 is 2.65 bits per heavy atom. The molecule has 1 saturated heterocycles. The average Bonchev–Trinajstić information content (AvgIpc) is 3.32. The van der Waals surface area contributed by atoms with Gasteiger partial charge >= 0.3 is 0 Å². The molecule has 3 heterocycles. The summed E-state index contributed by atoms with van der Waals surface area (Å²) < 4.78 is 0. The number of piperazine rings is 1. The van der Waals surface area contributed by atoms with Gasteiger partial charge in [0, 0.05) is 16.5 Å². The molecule has 4 nitrogen and oxygen atoms in total. The number of carbonyl (C=O) groups excluding carboxylic acids is 1. The van der Waals surface area contributed by atoms with Crippen LogP contribution < -0.4 is 4.90 Å². The van der Waals surface area contributed by atoms with E-state index in [1.165, 1.54) is 16.9 Å². The highest BCUT2D eigenvalue weighted by atomic mass is 32.1. The summed E-state index contributed by atoms with van der Waals surface area (Å²) in [6.45, 7) is 6.59. The van der Waals surface area contributed by atoms with Gasteiger partial charge in [0.05, 0.1) is 31.9 Å². The Labute approximate surface area is 161 Å². The van der Waals surface area contributed by atoms with E-state index in [1.807, 2.05) is 17.2 Å². The first-order valence-electron chi connectivity index (χ1n) is 8.87. The third-order valence-electron chi connectivity index (χ3n) is 4.81. The van der Waals surface area contributed by atoms with Crippen LogP contribution in [0.2, 0.25) is 0 Å². The zero-order valence-electron chi connectivity index (χ0n) is 14.8. The minimum absolute atomic E-state index is 0.139. The Hall–Kier alpha value is -2.02. The van der Waals surface area contributed by atoms with Crippen molar-refractivity contribution in [2.75, 3.05) is 26.2 Å². The fourth-order valence-electron chi connectivity index (χ4n) is 3.34. The molecule has 6 heteroatoms. The number of amides is 1. The van der Waals surface area contributed by atoms with Crippen LogP contribution in [0.4, 0.5) is 0 Å². The van der Waals surface area contributed by atoms with Crippen LogP contribution in [0.1, 0.15) is 20.9 Å². The first-order chi connectivity index (χ1) is 12.7. The normalized spacial score (nSPS) is 15.3. The van der Waals surface area contributed by atoms with Gasteiger partial charge in [0.1, 0.15) is 16.4 Å². The van der Waals surface area contributed by atoms with E-state index in [2.05, 4.69) is 46.8 Å². The van der Waals surface area contributed by atoms with E-state index in [0.29, 0.717) is 0 Å². The predicted octanol–water partition coefficient (Wildman–Crippen LogP) is 2.72. The van der Waals surface area contributed by atoms with Gasteiger partial charge in [-0.2, -0.15) is 11.3 Å². The summed E-state index contributed by atoms with van der Waals surface area (Å²) in [5.41, 5.74) is 3.32. The Morgan fingerprint density at radius 2 is 1.96 bits per heavy atom. The van der Waals surface area contributed by atoms with Crippen molar-refractivity contribution in [2.45, 2.75) is 13.5 Å². The van der Waals surface area contributed by atoms with Gasteiger partial charge in [-0.25, -0.2) is 4.98 Å². The molecule has 0 saturated carbocycles. The van der Waals surface area contributed by atoms with E-state index in [0.717, 1.165) is 53.9 Å². The topological polar surface area (TPSA) is 37.6 Å². The molecule has 0 bridgehead atoms. The van der Waals surface area contributed by atoms with Crippen molar-refractivity contribution in [1.82, 2.24) is 9.88 Å². The summed E-state index contributed by atoms with van der Waals surface area (Å²) >= 11 is 3.18. The van der Waals surface area contributed by atoms with E-state index in [4.69, 9.17) is 0 Å². The third kappa shape index (κ3) is 3.72. The molecule has 0 aliphatic carbocycles. The van der Waals surface area contributed by atoms with Gasteiger partial charge < -0.3 is 9.80 Å². The van der Waals surface area contributed by atoms with E-state index in [9.17, 15) is 4.79 Å². The van der Waals surface area contributed by atoms with Gasteiger partial charge in [0.25, 0.3) is 5.91 Å². The SMILES string of the molecule is Cc1nc(-c2ccsc2)sc1C(=O)N1CC[NH+](Cc2ccccc2)CC1. The zero-order chi connectivity index (χ0) is 17.9. The van der Waals surface area contributed by atoms with Gasteiger partial charge in [0.2, 0.25) is 0 Å². The molecule has 134 valence electrons. The highest BCUT2D eigenvalue weighted by Gasteiger charge is 2.27. The zero-order valence-corrected chi connectivity index (χ0v) is 16.4. The lowest BCUT2D eigenvalue weighted by Gasteiger charge is -2.32. The lowest BCUT2D eigenvalue weighted by molar-refractivity contribution is -0.917. The van der Waals surface area contributed by atoms with Crippen molar-refractivity contribution in [3.05, 3.63) is 63.3 Å². The Kier molecular flexibility index (Phi) is 5.15. The number of hydrogen-bond acceptors (Lipinski definition) is 4. The first-order valence-corrected chi connectivity index (χ1v) is 10.6. The smallest absolute Gasteiger partial charge is 0.266 e. The molecule has 3 aromatic rings. The standard InChI is InChI=1S/C20H21N3OS2/c1-15-18(26-19(21-15)17-7-12-25-14-17)20(24)23-10-8-22(9-11-23)13-16-5-3-2-4-6-16/h2-7,12,14H,8-11,13H2,1H3/p+1. The van der Waals surface area contributed by atoms with Gasteiger partial charge in [-0.15, -0.1) is 11.3 Å². The molecule has 0 atom stereocenters. The van der Waals surface area contributed by atoms with Gasteiger partial charge in [-0.3, -0.25) is 4.79 Å². The molecule has 1 aromatic carbocycles. The molecular formula is C20H22N3OS2+. The second-order valence-corrected chi connectivity index (χ2v) is 8.43. The molecule has 26 heavy (non-hydrogen) atoms. The number of benzene rings is 1. The number of thiazole rings is 1. The number of thiophene rings is 1. The summed E-state index contributed by atoms with van der Waals surface area (Å²) in [5.74, 6) is 0.139. The van der Waals surface area contributed by atoms with Crippen molar-refractivity contribution in [3.63, 3.8) is 0 Å². The summed E-state index contributed by atoms with van der Waals surface area (Å²) in [6, 6.07) is 12.6. The van der Waals surface area contributed by atoms with E-state index in [1.54, 1.807) is 16.2 Å². The molecule has 2 aromatic heterocycles. The maximum absolute atomic E-state index is 13.0. The fraction of sp³-hybridized carbons (Fsp3) is 0.300. The van der Waals surface area contributed by atoms with Crippen molar-refractivity contribution in [2.24, 2.45) is 0 Å². The van der Waals surface area contributed by atoms with Crippen molar-refractivity contribution >= 4 is 28.6 Å². The first kappa shape index (κ1) is 17.4. The monoisotopic (exact) mass is 384 g/mol. The van der Waals surface area contributed by atoms with E-state index in [-0.39, 0.29) is 5.91 Å².